The molecule has 0 aromatic heterocycles. The van der Waals surface area contributed by atoms with Crippen molar-refractivity contribution in [3.63, 3.8) is 0 Å². The zero-order valence-corrected chi connectivity index (χ0v) is 16.7. The van der Waals surface area contributed by atoms with Gasteiger partial charge in [-0.15, -0.1) is 0 Å². The molecule has 1 atom stereocenters. The predicted molar refractivity (Wildman–Crippen MR) is 116 cm³/mol. The van der Waals surface area contributed by atoms with Gasteiger partial charge >= 0.3 is 0 Å². The van der Waals surface area contributed by atoms with E-state index in [4.69, 9.17) is 0 Å². The first-order valence-corrected chi connectivity index (χ1v) is 10.3. The highest BCUT2D eigenvalue weighted by atomic mass is 15.4. The monoisotopic (exact) mass is 377 g/mol. The van der Waals surface area contributed by atoms with Crippen LogP contribution in [0, 0.1) is 0 Å². The number of fused-ring (bicyclic) bond motifs is 3. The van der Waals surface area contributed by atoms with Gasteiger partial charge in [-0.25, -0.2) is 0 Å². The highest BCUT2D eigenvalue weighted by Crippen LogP contribution is 2.23. The van der Waals surface area contributed by atoms with Crippen LogP contribution in [0.5, 0.6) is 0 Å². The molecule has 0 amide bonds. The van der Waals surface area contributed by atoms with E-state index >= 15 is 0 Å². The normalized spacial score (nSPS) is 24.4. The molecule has 3 aliphatic rings. The molecule has 5 nitrogen and oxygen atoms in total. The van der Waals surface area contributed by atoms with E-state index in [9.17, 15) is 0 Å². The fourth-order valence-electron chi connectivity index (χ4n) is 4.35. The summed E-state index contributed by atoms with van der Waals surface area (Å²) in [5, 5.41) is 7.11. The van der Waals surface area contributed by atoms with Gasteiger partial charge in [0.2, 0.25) is 0 Å². The Labute approximate surface area is 168 Å². The van der Waals surface area contributed by atoms with Gasteiger partial charge in [-0.1, -0.05) is 60.7 Å². The van der Waals surface area contributed by atoms with Crippen molar-refractivity contribution in [3.05, 3.63) is 71.8 Å². The Balaban J connectivity index is 1.37. The van der Waals surface area contributed by atoms with E-state index < -0.39 is 0 Å². The molecule has 0 saturated carbocycles. The Kier molecular flexibility index (Phi) is 6.24. The molecule has 0 radical (unpaired) electrons. The van der Waals surface area contributed by atoms with E-state index in [0.29, 0.717) is 12.0 Å². The number of aliphatic imine (C=N–C) groups is 1. The Morgan fingerprint density at radius 3 is 2.04 bits per heavy atom. The van der Waals surface area contributed by atoms with E-state index in [2.05, 4.69) is 86.1 Å². The van der Waals surface area contributed by atoms with Crippen LogP contribution >= 0.6 is 0 Å². The second-order valence-electron chi connectivity index (χ2n) is 7.70. The average Bonchev–Trinajstić information content (AvgIpc) is 2.78. The third kappa shape index (κ3) is 4.54. The lowest BCUT2D eigenvalue weighted by atomic mass is 9.91. The molecule has 2 aromatic rings. The second kappa shape index (κ2) is 9.22. The first-order chi connectivity index (χ1) is 13.8. The molecular weight excluding hydrogens is 346 g/mol. The molecule has 148 valence electrons. The van der Waals surface area contributed by atoms with Gasteiger partial charge in [0.1, 0.15) is 0 Å². The number of guanidine groups is 1. The SMILES string of the molecule is CN=C(NCC(c1ccccc1)c1ccccc1)NCC1CN2CCN1CC2. The Morgan fingerprint density at radius 1 is 0.929 bits per heavy atom. The van der Waals surface area contributed by atoms with Crippen LogP contribution < -0.4 is 10.6 Å². The quantitative estimate of drug-likeness (QED) is 0.597. The maximum Gasteiger partial charge on any atom is 0.191 e. The molecule has 5 rings (SSSR count). The van der Waals surface area contributed by atoms with Gasteiger partial charge in [0, 0.05) is 64.8 Å². The van der Waals surface area contributed by atoms with Crippen LogP contribution in [0.3, 0.4) is 0 Å². The molecule has 0 spiro atoms. The molecule has 2 N–H and O–H groups in total. The third-order valence-electron chi connectivity index (χ3n) is 6.00. The van der Waals surface area contributed by atoms with Crippen molar-refractivity contribution >= 4 is 5.96 Å². The smallest absolute Gasteiger partial charge is 0.191 e. The van der Waals surface area contributed by atoms with Gasteiger partial charge in [0.25, 0.3) is 0 Å². The zero-order valence-electron chi connectivity index (χ0n) is 16.7. The molecule has 0 aliphatic carbocycles. The number of nitrogens with one attached hydrogen (secondary N) is 2. The maximum absolute atomic E-state index is 4.46. The maximum atomic E-state index is 4.46. The fraction of sp³-hybridized carbons (Fsp3) is 0.435. The number of hydrogen-bond donors (Lipinski definition) is 2. The minimum Gasteiger partial charge on any atom is -0.355 e. The summed E-state index contributed by atoms with van der Waals surface area (Å²) < 4.78 is 0. The summed E-state index contributed by atoms with van der Waals surface area (Å²) in [5.41, 5.74) is 2.64. The molecule has 1 unspecified atom stereocenters. The summed E-state index contributed by atoms with van der Waals surface area (Å²) in [4.78, 5) is 9.64. The van der Waals surface area contributed by atoms with Crippen molar-refractivity contribution < 1.29 is 0 Å². The summed E-state index contributed by atoms with van der Waals surface area (Å²) >= 11 is 0. The summed E-state index contributed by atoms with van der Waals surface area (Å²) in [6.45, 7) is 7.76. The lowest BCUT2D eigenvalue weighted by molar-refractivity contribution is 0.0154. The van der Waals surface area contributed by atoms with Gasteiger partial charge < -0.3 is 10.6 Å². The minimum atomic E-state index is 0.293. The molecule has 3 fully saturated rings. The molecular formula is C23H31N5. The molecule has 3 heterocycles. The summed E-state index contributed by atoms with van der Waals surface area (Å²) in [5.74, 6) is 1.18. The van der Waals surface area contributed by atoms with Crippen molar-refractivity contribution in [2.45, 2.75) is 12.0 Å². The first kappa shape index (κ1) is 19.0. The zero-order chi connectivity index (χ0) is 19.2. The van der Waals surface area contributed by atoms with Crippen molar-refractivity contribution in [1.29, 1.82) is 0 Å². The molecule has 3 saturated heterocycles. The molecule has 2 bridgehead atoms. The summed E-state index contributed by atoms with van der Waals surface area (Å²) in [6, 6.07) is 22.0. The lowest BCUT2D eigenvalue weighted by Gasteiger charge is -2.47. The second-order valence-corrected chi connectivity index (χ2v) is 7.70. The number of piperazine rings is 3. The van der Waals surface area contributed by atoms with Crippen LogP contribution in [-0.4, -0.2) is 74.7 Å². The largest absolute Gasteiger partial charge is 0.355 e. The van der Waals surface area contributed by atoms with E-state index in [1.807, 2.05) is 7.05 Å². The molecule has 2 aromatic carbocycles. The topological polar surface area (TPSA) is 42.9 Å². The minimum absolute atomic E-state index is 0.293. The van der Waals surface area contributed by atoms with Crippen molar-refractivity contribution in [1.82, 2.24) is 20.4 Å². The van der Waals surface area contributed by atoms with Crippen LogP contribution in [-0.2, 0) is 0 Å². The van der Waals surface area contributed by atoms with Crippen LogP contribution in [0.25, 0.3) is 0 Å². The van der Waals surface area contributed by atoms with Gasteiger partial charge in [0.15, 0.2) is 5.96 Å². The standard InChI is InChI=1S/C23H31N5/c1-24-23(25-16-21-18-27-12-14-28(21)15-13-27)26-17-22(19-8-4-2-5-9-19)20-10-6-3-7-11-20/h2-11,21-22H,12-18H2,1H3,(H2,24,25,26). The lowest BCUT2D eigenvalue weighted by Crippen LogP contribution is -2.63. The molecule has 3 aliphatic heterocycles. The van der Waals surface area contributed by atoms with E-state index in [0.717, 1.165) is 19.0 Å². The van der Waals surface area contributed by atoms with Gasteiger partial charge in [-0.05, 0) is 11.1 Å². The average molecular weight is 378 g/mol. The summed E-state index contributed by atoms with van der Waals surface area (Å²) in [6.07, 6.45) is 0. The summed E-state index contributed by atoms with van der Waals surface area (Å²) in [7, 11) is 1.85. The van der Waals surface area contributed by atoms with Crippen molar-refractivity contribution in [2.24, 2.45) is 4.99 Å². The Morgan fingerprint density at radius 2 is 1.54 bits per heavy atom. The van der Waals surface area contributed by atoms with Gasteiger partial charge in [-0.3, -0.25) is 14.8 Å². The third-order valence-corrected chi connectivity index (χ3v) is 6.00. The van der Waals surface area contributed by atoms with E-state index in [1.54, 1.807) is 0 Å². The van der Waals surface area contributed by atoms with E-state index in [1.165, 1.54) is 43.9 Å². The van der Waals surface area contributed by atoms with Crippen molar-refractivity contribution in [3.8, 4) is 0 Å². The van der Waals surface area contributed by atoms with Crippen LogP contribution in [0.4, 0.5) is 0 Å². The van der Waals surface area contributed by atoms with Crippen LogP contribution in [0.15, 0.2) is 65.7 Å². The Bertz CT molecular complexity index is 714. The van der Waals surface area contributed by atoms with Gasteiger partial charge in [-0.2, -0.15) is 0 Å². The van der Waals surface area contributed by atoms with Crippen LogP contribution in [0.2, 0.25) is 0 Å². The predicted octanol–water partition coefficient (Wildman–Crippen LogP) is 1.98. The Hall–Kier alpha value is -2.37. The highest BCUT2D eigenvalue weighted by Gasteiger charge is 2.31. The molecule has 28 heavy (non-hydrogen) atoms. The van der Waals surface area contributed by atoms with E-state index in [-0.39, 0.29) is 0 Å². The molecule has 5 heteroatoms. The highest BCUT2D eigenvalue weighted by molar-refractivity contribution is 5.79. The number of benzene rings is 2. The van der Waals surface area contributed by atoms with Crippen LogP contribution in [0.1, 0.15) is 17.0 Å². The fourth-order valence-corrected chi connectivity index (χ4v) is 4.35. The van der Waals surface area contributed by atoms with Gasteiger partial charge in [0.05, 0.1) is 0 Å². The number of nitrogens with zero attached hydrogens (tertiary/aromatic N) is 3. The number of rotatable bonds is 6. The first-order valence-electron chi connectivity index (χ1n) is 10.3. The number of hydrogen-bond acceptors (Lipinski definition) is 3. The van der Waals surface area contributed by atoms with Crippen molar-refractivity contribution in [2.75, 3.05) is 52.9 Å².